The molecule has 3 aromatic rings. The summed E-state index contributed by atoms with van der Waals surface area (Å²) in [5.41, 5.74) is 2.92. The Morgan fingerprint density at radius 1 is 0.929 bits per heavy atom. The lowest BCUT2D eigenvalue weighted by Gasteiger charge is -2.10. The number of halogens is 1. The van der Waals surface area contributed by atoms with Gasteiger partial charge in [-0.1, -0.05) is 17.7 Å². The minimum absolute atomic E-state index is 0.133. The molecule has 8 heteroatoms. The monoisotopic (exact) mass is 457 g/mol. The van der Waals surface area contributed by atoms with Crippen molar-refractivity contribution < 1.29 is 14.0 Å². The number of aryl methyl sites for hydroxylation is 1. The van der Waals surface area contributed by atoms with Gasteiger partial charge in [0.1, 0.15) is 0 Å². The van der Waals surface area contributed by atoms with Crippen LogP contribution in [-0.2, 0) is 0 Å². The average molecular weight is 458 g/mol. The minimum Gasteiger partial charge on any atom is -0.444 e. The van der Waals surface area contributed by atoms with Crippen LogP contribution >= 0.6 is 28.1 Å². The molecule has 3 rings (SSSR count). The van der Waals surface area contributed by atoms with Crippen molar-refractivity contribution in [3.05, 3.63) is 82.2 Å². The molecule has 0 saturated carbocycles. The zero-order chi connectivity index (χ0) is 20.1. The maximum atomic E-state index is 12.3. The first-order valence-corrected chi connectivity index (χ1v) is 9.46. The van der Waals surface area contributed by atoms with Crippen molar-refractivity contribution in [2.75, 3.05) is 10.6 Å². The van der Waals surface area contributed by atoms with Crippen LogP contribution in [0.2, 0.25) is 0 Å². The summed E-state index contributed by atoms with van der Waals surface area (Å²) in [5, 5.41) is 8.40. The second kappa shape index (κ2) is 8.81. The summed E-state index contributed by atoms with van der Waals surface area (Å²) in [4.78, 5) is 24.3. The fourth-order valence-electron chi connectivity index (χ4n) is 2.39. The van der Waals surface area contributed by atoms with Gasteiger partial charge in [0.2, 0.25) is 0 Å². The summed E-state index contributed by atoms with van der Waals surface area (Å²) < 4.78 is 5.63. The van der Waals surface area contributed by atoms with Crippen LogP contribution in [0.15, 0.2) is 69.8 Å². The van der Waals surface area contributed by atoms with Gasteiger partial charge in [0.25, 0.3) is 11.8 Å². The molecule has 0 spiro atoms. The van der Waals surface area contributed by atoms with E-state index in [1.54, 1.807) is 36.4 Å². The Bertz CT molecular complexity index is 1030. The van der Waals surface area contributed by atoms with Gasteiger partial charge in [0.15, 0.2) is 15.5 Å². The zero-order valence-corrected chi connectivity index (χ0v) is 17.2. The topological polar surface area (TPSA) is 83.4 Å². The molecule has 0 aliphatic heterocycles. The highest BCUT2D eigenvalue weighted by atomic mass is 79.9. The smallest absolute Gasteiger partial charge is 0.293 e. The first-order chi connectivity index (χ1) is 13.4. The Hall–Kier alpha value is -2.97. The Kier molecular flexibility index (Phi) is 6.23. The number of amides is 2. The largest absolute Gasteiger partial charge is 0.444 e. The van der Waals surface area contributed by atoms with Gasteiger partial charge >= 0.3 is 0 Å². The molecule has 0 unspecified atom stereocenters. The molecule has 0 bridgehead atoms. The molecule has 6 nitrogen and oxygen atoms in total. The average Bonchev–Trinajstić information content (AvgIpc) is 3.10. The highest BCUT2D eigenvalue weighted by Gasteiger charge is 2.12. The fourth-order valence-corrected chi connectivity index (χ4v) is 2.91. The first kappa shape index (κ1) is 19.8. The first-order valence-electron chi connectivity index (χ1n) is 8.26. The number of carbonyl (C=O) groups is 2. The lowest BCUT2D eigenvalue weighted by Crippen LogP contribution is -2.33. The zero-order valence-electron chi connectivity index (χ0n) is 14.8. The van der Waals surface area contributed by atoms with Crippen LogP contribution in [0, 0.1) is 6.92 Å². The highest BCUT2D eigenvalue weighted by Crippen LogP contribution is 2.16. The molecule has 1 aromatic heterocycles. The summed E-state index contributed by atoms with van der Waals surface area (Å²) in [6, 6.07) is 17.5. The Morgan fingerprint density at radius 2 is 1.61 bits per heavy atom. The molecule has 0 radical (unpaired) electrons. The van der Waals surface area contributed by atoms with E-state index in [1.165, 1.54) is 6.07 Å². The van der Waals surface area contributed by atoms with E-state index in [0.717, 1.165) is 5.56 Å². The van der Waals surface area contributed by atoms with Crippen LogP contribution in [0.1, 0.15) is 26.5 Å². The van der Waals surface area contributed by atoms with E-state index >= 15 is 0 Å². The van der Waals surface area contributed by atoms with E-state index in [0.29, 0.717) is 21.6 Å². The highest BCUT2D eigenvalue weighted by molar-refractivity contribution is 9.10. The van der Waals surface area contributed by atoms with Crippen molar-refractivity contribution in [2.24, 2.45) is 0 Å². The van der Waals surface area contributed by atoms with Gasteiger partial charge in [0, 0.05) is 16.9 Å². The lowest BCUT2D eigenvalue weighted by molar-refractivity contribution is 0.0948. The van der Waals surface area contributed by atoms with Crippen LogP contribution < -0.4 is 16.0 Å². The van der Waals surface area contributed by atoms with E-state index in [4.69, 9.17) is 16.6 Å². The van der Waals surface area contributed by atoms with Crippen LogP contribution in [0.4, 0.5) is 11.4 Å². The van der Waals surface area contributed by atoms with Crippen molar-refractivity contribution in [1.82, 2.24) is 5.32 Å². The molecule has 1 heterocycles. The molecular weight excluding hydrogens is 442 g/mol. The molecule has 28 heavy (non-hydrogen) atoms. The van der Waals surface area contributed by atoms with Crippen molar-refractivity contribution in [3.63, 3.8) is 0 Å². The minimum atomic E-state index is -0.453. The van der Waals surface area contributed by atoms with Crippen LogP contribution in [0.25, 0.3) is 0 Å². The van der Waals surface area contributed by atoms with Gasteiger partial charge in [-0.3, -0.25) is 14.9 Å². The Labute approximate surface area is 175 Å². The molecular formula is C20H16BrN3O3S. The molecule has 0 fully saturated rings. The predicted molar refractivity (Wildman–Crippen MR) is 116 cm³/mol. The maximum absolute atomic E-state index is 12.3. The summed E-state index contributed by atoms with van der Waals surface area (Å²) in [5.74, 6) is -0.493. The molecule has 0 atom stereocenters. The number of hydrogen-bond donors (Lipinski definition) is 3. The Morgan fingerprint density at radius 3 is 2.21 bits per heavy atom. The van der Waals surface area contributed by atoms with E-state index in [9.17, 15) is 9.59 Å². The van der Waals surface area contributed by atoms with Gasteiger partial charge in [-0.15, -0.1) is 0 Å². The molecule has 3 N–H and O–H groups in total. The SMILES string of the molecule is Cc1cccc(C(=O)Nc2ccc(NC(=S)NC(=O)c3ccc(Br)o3)cc2)c1. The lowest BCUT2D eigenvalue weighted by atomic mass is 10.1. The number of furan rings is 1. The normalized spacial score (nSPS) is 10.2. The second-order valence-corrected chi connectivity index (χ2v) is 7.10. The molecule has 0 aliphatic carbocycles. The number of thiocarbonyl (C=S) groups is 1. The number of anilines is 2. The van der Waals surface area contributed by atoms with Crippen molar-refractivity contribution in [2.45, 2.75) is 6.92 Å². The fraction of sp³-hybridized carbons (Fsp3) is 0.0500. The van der Waals surface area contributed by atoms with Gasteiger partial charge in [-0.2, -0.15) is 0 Å². The van der Waals surface area contributed by atoms with E-state index in [2.05, 4.69) is 31.9 Å². The van der Waals surface area contributed by atoms with Crippen LogP contribution in [-0.4, -0.2) is 16.9 Å². The van der Waals surface area contributed by atoms with Crippen molar-refractivity contribution in [1.29, 1.82) is 0 Å². The summed E-state index contributed by atoms with van der Waals surface area (Å²) >= 11 is 8.27. The third-order valence-corrected chi connectivity index (χ3v) is 4.34. The third kappa shape index (κ3) is 5.28. The van der Waals surface area contributed by atoms with Crippen molar-refractivity contribution in [3.8, 4) is 0 Å². The molecule has 142 valence electrons. The maximum Gasteiger partial charge on any atom is 0.293 e. The van der Waals surface area contributed by atoms with Crippen LogP contribution in [0.3, 0.4) is 0 Å². The van der Waals surface area contributed by atoms with E-state index in [1.807, 2.05) is 25.1 Å². The molecule has 0 aliphatic rings. The van der Waals surface area contributed by atoms with Gasteiger partial charge in [-0.05, 0) is 83.6 Å². The van der Waals surface area contributed by atoms with Gasteiger partial charge < -0.3 is 15.1 Å². The summed E-state index contributed by atoms with van der Waals surface area (Å²) in [6.45, 7) is 1.93. The molecule has 0 saturated heterocycles. The summed E-state index contributed by atoms with van der Waals surface area (Å²) in [6.07, 6.45) is 0. The standard InChI is InChI=1S/C20H16BrN3O3S/c1-12-3-2-4-13(11-12)18(25)22-14-5-7-15(8-6-14)23-20(28)24-19(26)16-9-10-17(21)27-16/h2-11H,1H3,(H,22,25)(H2,23,24,26,28). The molecule has 2 amide bonds. The number of nitrogens with one attached hydrogen (secondary N) is 3. The quantitative estimate of drug-likeness (QED) is 0.493. The van der Waals surface area contributed by atoms with E-state index < -0.39 is 5.91 Å². The Balaban J connectivity index is 1.56. The number of carbonyl (C=O) groups excluding carboxylic acids is 2. The number of benzene rings is 2. The molecule has 2 aromatic carbocycles. The van der Waals surface area contributed by atoms with Gasteiger partial charge in [-0.25, -0.2) is 0 Å². The predicted octanol–water partition coefficient (Wildman–Crippen LogP) is 4.73. The number of hydrogen-bond acceptors (Lipinski definition) is 4. The van der Waals surface area contributed by atoms with E-state index in [-0.39, 0.29) is 16.8 Å². The van der Waals surface area contributed by atoms with Crippen molar-refractivity contribution >= 4 is 56.4 Å². The van der Waals surface area contributed by atoms with Crippen LogP contribution in [0.5, 0.6) is 0 Å². The third-order valence-electron chi connectivity index (χ3n) is 3.70. The summed E-state index contributed by atoms with van der Waals surface area (Å²) in [7, 11) is 0. The second-order valence-electron chi connectivity index (χ2n) is 5.91. The number of rotatable bonds is 4. The van der Waals surface area contributed by atoms with Gasteiger partial charge in [0.05, 0.1) is 0 Å².